The Morgan fingerprint density at radius 2 is 2.32 bits per heavy atom. The predicted molar refractivity (Wildman–Crippen MR) is 77.9 cm³/mol. The van der Waals surface area contributed by atoms with Crippen LogP contribution in [0.25, 0.3) is 0 Å². The lowest BCUT2D eigenvalue weighted by atomic mass is 9.94. The van der Waals surface area contributed by atoms with Crippen molar-refractivity contribution in [3.8, 4) is 0 Å². The molecule has 1 amide bonds. The minimum Gasteiger partial charge on any atom is -0.344 e. The van der Waals surface area contributed by atoms with Gasteiger partial charge < -0.3 is 11.1 Å². The number of hydrogen-bond acceptors (Lipinski definition) is 4. The Hall–Kier alpha value is -0.940. The zero-order chi connectivity index (χ0) is 14.0. The summed E-state index contributed by atoms with van der Waals surface area (Å²) in [6.45, 7) is 6.65. The zero-order valence-electron chi connectivity index (χ0n) is 11.9. The molecule has 0 unspecified atom stereocenters. The Labute approximate surface area is 118 Å². The second-order valence-electron chi connectivity index (χ2n) is 5.92. The molecule has 0 saturated heterocycles. The van der Waals surface area contributed by atoms with E-state index < -0.39 is 5.54 Å². The average molecular weight is 281 g/mol. The molecule has 0 bridgehead atoms. The summed E-state index contributed by atoms with van der Waals surface area (Å²) >= 11 is 1.64. The lowest BCUT2D eigenvalue weighted by molar-refractivity contribution is -0.127. The highest BCUT2D eigenvalue weighted by Crippen LogP contribution is 2.32. The Morgan fingerprint density at radius 3 is 2.89 bits per heavy atom. The molecule has 0 radical (unpaired) electrons. The van der Waals surface area contributed by atoms with Crippen molar-refractivity contribution in [2.45, 2.75) is 45.6 Å². The van der Waals surface area contributed by atoms with E-state index in [0.717, 1.165) is 29.1 Å². The maximum atomic E-state index is 12.4. The standard InChI is InChI=1S/C14H23N3OS/c1-9-8-16-13(19-9)14(2,3)17-12(18)11-6-4-5-10(11)7-15/h8,10-11H,4-7,15H2,1-3H3,(H,17,18)/t10-,11-/m1/s1. The molecule has 2 atom stereocenters. The molecule has 1 aromatic rings. The van der Waals surface area contributed by atoms with Crippen molar-refractivity contribution in [3.05, 3.63) is 16.1 Å². The van der Waals surface area contributed by atoms with E-state index in [1.165, 1.54) is 0 Å². The van der Waals surface area contributed by atoms with Gasteiger partial charge in [0.05, 0.1) is 5.54 Å². The monoisotopic (exact) mass is 281 g/mol. The van der Waals surface area contributed by atoms with Crippen LogP contribution in [0.2, 0.25) is 0 Å². The molecule has 2 rings (SSSR count). The van der Waals surface area contributed by atoms with Crippen molar-refractivity contribution in [1.29, 1.82) is 0 Å². The minimum absolute atomic E-state index is 0.0744. The van der Waals surface area contributed by atoms with Crippen LogP contribution in [0.4, 0.5) is 0 Å². The molecule has 1 saturated carbocycles. The van der Waals surface area contributed by atoms with Gasteiger partial charge in [-0.05, 0) is 46.1 Å². The number of nitrogens with two attached hydrogens (primary N) is 1. The van der Waals surface area contributed by atoms with Gasteiger partial charge in [-0.2, -0.15) is 0 Å². The van der Waals surface area contributed by atoms with Crippen LogP contribution in [0.15, 0.2) is 6.20 Å². The minimum atomic E-state index is -0.405. The third-order valence-corrected chi connectivity index (χ3v) is 5.13. The van der Waals surface area contributed by atoms with Gasteiger partial charge in [0.1, 0.15) is 5.01 Å². The molecular formula is C14H23N3OS. The first-order valence-electron chi connectivity index (χ1n) is 6.89. The Bertz CT molecular complexity index is 455. The third-order valence-electron chi connectivity index (χ3n) is 3.89. The van der Waals surface area contributed by atoms with Gasteiger partial charge in [0.2, 0.25) is 5.91 Å². The van der Waals surface area contributed by atoms with Crippen LogP contribution in [0.5, 0.6) is 0 Å². The smallest absolute Gasteiger partial charge is 0.224 e. The maximum absolute atomic E-state index is 12.4. The van der Waals surface area contributed by atoms with Gasteiger partial charge in [0.25, 0.3) is 0 Å². The van der Waals surface area contributed by atoms with E-state index in [1.54, 1.807) is 11.3 Å². The SMILES string of the molecule is Cc1cnc(C(C)(C)NC(=O)[C@@H]2CCC[C@@H]2CN)s1. The Kier molecular flexibility index (Phi) is 4.26. The van der Waals surface area contributed by atoms with Crippen molar-refractivity contribution >= 4 is 17.2 Å². The van der Waals surface area contributed by atoms with Crippen LogP contribution < -0.4 is 11.1 Å². The molecular weight excluding hydrogens is 258 g/mol. The summed E-state index contributed by atoms with van der Waals surface area (Å²) in [5.74, 6) is 0.546. The van der Waals surface area contributed by atoms with E-state index in [2.05, 4.69) is 10.3 Å². The van der Waals surface area contributed by atoms with Crippen LogP contribution >= 0.6 is 11.3 Å². The second kappa shape index (κ2) is 5.59. The lowest BCUT2D eigenvalue weighted by Gasteiger charge is -2.27. The quantitative estimate of drug-likeness (QED) is 0.889. The van der Waals surface area contributed by atoms with Crippen LogP contribution in [-0.4, -0.2) is 17.4 Å². The molecule has 1 aromatic heterocycles. The van der Waals surface area contributed by atoms with Gasteiger partial charge >= 0.3 is 0 Å². The van der Waals surface area contributed by atoms with Crippen molar-refractivity contribution in [2.75, 3.05) is 6.54 Å². The molecule has 106 valence electrons. The fourth-order valence-electron chi connectivity index (χ4n) is 2.76. The molecule has 1 aliphatic carbocycles. The summed E-state index contributed by atoms with van der Waals surface area (Å²) in [4.78, 5) is 18.0. The molecule has 4 nitrogen and oxygen atoms in total. The van der Waals surface area contributed by atoms with Crippen molar-refractivity contribution in [3.63, 3.8) is 0 Å². The Morgan fingerprint density at radius 1 is 1.58 bits per heavy atom. The fourth-order valence-corrected chi connectivity index (χ4v) is 3.58. The topological polar surface area (TPSA) is 68.0 Å². The van der Waals surface area contributed by atoms with Gasteiger partial charge in [-0.3, -0.25) is 4.79 Å². The van der Waals surface area contributed by atoms with Crippen molar-refractivity contribution < 1.29 is 4.79 Å². The number of amides is 1. The van der Waals surface area contributed by atoms with E-state index in [9.17, 15) is 4.79 Å². The van der Waals surface area contributed by atoms with Crippen LogP contribution in [-0.2, 0) is 10.3 Å². The van der Waals surface area contributed by atoms with Crippen LogP contribution in [0, 0.1) is 18.8 Å². The number of carbonyl (C=O) groups excluding carboxylic acids is 1. The lowest BCUT2D eigenvalue weighted by Crippen LogP contribution is -2.45. The maximum Gasteiger partial charge on any atom is 0.224 e. The van der Waals surface area contributed by atoms with Gasteiger partial charge in [-0.25, -0.2) is 4.98 Å². The summed E-state index contributed by atoms with van der Waals surface area (Å²) in [6, 6.07) is 0. The largest absolute Gasteiger partial charge is 0.344 e. The molecule has 19 heavy (non-hydrogen) atoms. The summed E-state index contributed by atoms with van der Waals surface area (Å²) < 4.78 is 0. The first kappa shape index (κ1) is 14.5. The predicted octanol–water partition coefficient (Wildman–Crippen LogP) is 2.18. The van der Waals surface area contributed by atoms with Crippen molar-refractivity contribution in [2.24, 2.45) is 17.6 Å². The third kappa shape index (κ3) is 3.15. The summed E-state index contributed by atoms with van der Waals surface area (Å²) in [5, 5.41) is 4.10. The highest BCUT2D eigenvalue weighted by molar-refractivity contribution is 7.11. The molecule has 3 N–H and O–H groups in total. The number of aromatic nitrogens is 1. The first-order chi connectivity index (χ1) is 8.94. The summed E-state index contributed by atoms with van der Waals surface area (Å²) in [5.41, 5.74) is 5.34. The van der Waals surface area contributed by atoms with E-state index in [0.29, 0.717) is 12.5 Å². The molecule has 0 aromatic carbocycles. The number of hydrogen-bond donors (Lipinski definition) is 2. The molecule has 0 spiro atoms. The van der Waals surface area contributed by atoms with Crippen LogP contribution in [0.1, 0.15) is 43.0 Å². The molecule has 1 heterocycles. The molecule has 1 aliphatic rings. The van der Waals surface area contributed by atoms with Crippen LogP contribution in [0.3, 0.4) is 0 Å². The first-order valence-corrected chi connectivity index (χ1v) is 7.70. The summed E-state index contributed by atoms with van der Waals surface area (Å²) in [7, 11) is 0. The number of nitrogens with zero attached hydrogens (tertiary/aromatic N) is 1. The number of rotatable bonds is 4. The second-order valence-corrected chi connectivity index (χ2v) is 7.16. The van der Waals surface area contributed by atoms with E-state index in [1.807, 2.05) is 27.0 Å². The summed E-state index contributed by atoms with van der Waals surface area (Å²) in [6.07, 6.45) is 4.99. The van der Waals surface area contributed by atoms with Gasteiger partial charge in [-0.1, -0.05) is 6.42 Å². The van der Waals surface area contributed by atoms with E-state index >= 15 is 0 Å². The Balaban J connectivity index is 2.05. The van der Waals surface area contributed by atoms with E-state index in [4.69, 9.17) is 5.73 Å². The fraction of sp³-hybridized carbons (Fsp3) is 0.714. The average Bonchev–Trinajstić information content (AvgIpc) is 2.96. The van der Waals surface area contributed by atoms with Gasteiger partial charge in [0, 0.05) is 17.0 Å². The molecule has 0 aliphatic heterocycles. The highest BCUT2D eigenvalue weighted by atomic mass is 32.1. The molecule has 1 fully saturated rings. The van der Waals surface area contributed by atoms with E-state index in [-0.39, 0.29) is 11.8 Å². The number of nitrogens with one attached hydrogen (secondary N) is 1. The highest BCUT2D eigenvalue weighted by Gasteiger charge is 2.35. The van der Waals surface area contributed by atoms with Crippen molar-refractivity contribution in [1.82, 2.24) is 10.3 Å². The number of aryl methyl sites for hydroxylation is 1. The van der Waals surface area contributed by atoms with Gasteiger partial charge in [-0.15, -0.1) is 11.3 Å². The van der Waals surface area contributed by atoms with Gasteiger partial charge in [0.15, 0.2) is 0 Å². The molecule has 5 heteroatoms. The zero-order valence-corrected chi connectivity index (χ0v) is 12.7. The normalized spacial score (nSPS) is 23.6. The number of carbonyl (C=O) groups is 1. The number of thiazole rings is 1.